The van der Waals surface area contributed by atoms with Gasteiger partial charge < -0.3 is 89.9 Å². The molecule has 0 aromatic carbocycles. The van der Waals surface area contributed by atoms with Gasteiger partial charge in [0.2, 0.25) is 5.91 Å². The van der Waals surface area contributed by atoms with Gasteiger partial charge >= 0.3 is 0 Å². The number of carbonyl (C=O) groups is 1. The van der Waals surface area contributed by atoms with Gasteiger partial charge in [0.25, 0.3) is 0 Å². The maximum Gasteiger partial charge on any atom is 0.220 e. The second-order valence-corrected chi connectivity index (χ2v) is 19.0. The molecule has 0 saturated carbocycles. The zero-order valence-corrected chi connectivity index (χ0v) is 41.7. The highest BCUT2D eigenvalue weighted by atomic mass is 16.8. The van der Waals surface area contributed by atoms with E-state index in [-0.39, 0.29) is 18.9 Å². The van der Waals surface area contributed by atoms with Crippen LogP contribution in [0.25, 0.3) is 0 Å². The average molecular weight is 1010 g/mol. The van der Waals surface area contributed by atoms with E-state index >= 15 is 0 Å². The highest BCUT2D eigenvalue weighted by Gasteiger charge is 2.53. The van der Waals surface area contributed by atoms with Crippen LogP contribution in [0.15, 0.2) is 36.5 Å². The summed E-state index contributed by atoms with van der Waals surface area (Å²) < 4.78 is 34.0. The average Bonchev–Trinajstić information content (AvgIpc) is 3.35. The van der Waals surface area contributed by atoms with Crippen LogP contribution in [-0.4, -0.2) is 193 Å². The number of ether oxygens (including phenoxy) is 6. The van der Waals surface area contributed by atoms with Crippen LogP contribution in [0.1, 0.15) is 149 Å². The molecular weight excluding hydrogens is 915 g/mol. The first-order chi connectivity index (χ1) is 33.8. The Balaban J connectivity index is 1.56. The van der Waals surface area contributed by atoms with E-state index in [0.717, 1.165) is 51.4 Å². The van der Waals surface area contributed by atoms with E-state index in [4.69, 9.17) is 28.4 Å². The van der Waals surface area contributed by atoms with Crippen molar-refractivity contribution in [1.82, 2.24) is 5.32 Å². The summed E-state index contributed by atoms with van der Waals surface area (Å²) in [4.78, 5) is 13.1. The Kier molecular flexibility index (Phi) is 32.1. The molecule has 17 unspecified atom stereocenters. The zero-order chi connectivity index (χ0) is 51.3. The van der Waals surface area contributed by atoms with Gasteiger partial charge in [-0.25, -0.2) is 0 Å². The van der Waals surface area contributed by atoms with Crippen molar-refractivity contribution in [3.05, 3.63) is 36.5 Å². The summed E-state index contributed by atoms with van der Waals surface area (Å²) in [5.41, 5.74) is 0. The quantitative estimate of drug-likeness (QED) is 0.0316. The lowest BCUT2D eigenvalue weighted by Gasteiger charge is -2.48. The van der Waals surface area contributed by atoms with Crippen LogP contribution in [-0.2, 0) is 33.2 Å². The number of rotatable bonds is 36. The van der Waals surface area contributed by atoms with Crippen molar-refractivity contribution in [2.45, 2.75) is 253 Å². The van der Waals surface area contributed by atoms with Gasteiger partial charge in [0, 0.05) is 6.42 Å². The predicted molar refractivity (Wildman–Crippen MR) is 259 cm³/mol. The number of nitrogens with one attached hydrogen (secondary N) is 1. The van der Waals surface area contributed by atoms with Gasteiger partial charge in [-0.05, 0) is 44.9 Å². The summed E-state index contributed by atoms with van der Waals surface area (Å²) in [7, 11) is 0. The van der Waals surface area contributed by atoms with Gasteiger partial charge in [0.15, 0.2) is 18.9 Å². The summed E-state index contributed by atoms with van der Waals surface area (Å²) >= 11 is 0. The minimum Gasteiger partial charge on any atom is -0.394 e. The fourth-order valence-electron chi connectivity index (χ4n) is 8.75. The summed E-state index contributed by atoms with van der Waals surface area (Å²) in [6.45, 7) is 1.61. The van der Waals surface area contributed by atoms with Crippen LogP contribution in [0.5, 0.6) is 0 Å². The summed E-state index contributed by atoms with van der Waals surface area (Å²) in [6, 6.07) is -0.989. The third kappa shape index (κ3) is 21.5. The van der Waals surface area contributed by atoms with Crippen LogP contribution < -0.4 is 5.32 Å². The van der Waals surface area contributed by atoms with E-state index in [1.807, 2.05) is 6.08 Å². The molecule has 1 amide bonds. The summed E-state index contributed by atoms with van der Waals surface area (Å²) in [6.07, 6.45) is 7.42. The maximum atomic E-state index is 13.1. The third-order valence-electron chi connectivity index (χ3n) is 13.2. The van der Waals surface area contributed by atoms with Crippen molar-refractivity contribution in [3.63, 3.8) is 0 Å². The molecule has 3 aliphatic heterocycles. The van der Waals surface area contributed by atoms with E-state index in [0.29, 0.717) is 12.8 Å². The first-order valence-corrected chi connectivity index (χ1v) is 26.2. The Morgan fingerprint density at radius 3 is 1.43 bits per heavy atom. The number of carbonyl (C=O) groups excluding carboxylic acids is 1. The van der Waals surface area contributed by atoms with Gasteiger partial charge in [-0.15, -0.1) is 0 Å². The standard InChI is InChI=1S/C51H91NO18/c1-3-5-7-9-11-13-14-15-16-17-18-19-20-21-22-24-26-28-35(56)34(52-39(57)29-27-25-23-12-10-8-6-4-2)33-65-49-45(63)42(60)47(37(31-54)67-49)70-51-46(64)43(61)48(38(32-55)68-51)69-50-44(62)41(59)40(58)36(30-53)66-50/h16-17,20-21,26,28,34-38,40-51,53-56,58-64H,3-15,18-19,22-25,27,29-33H2,1-2H3,(H,52,57)/b17-16+,21-20+,28-26+. The molecule has 3 aliphatic rings. The van der Waals surface area contributed by atoms with Gasteiger partial charge in [-0.1, -0.05) is 134 Å². The monoisotopic (exact) mass is 1010 g/mol. The van der Waals surface area contributed by atoms with Crippen molar-refractivity contribution in [2.24, 2.45) is 0 Å². The highest BCUT2D eigenvalue weighted by Crippen LogP contribution is 2.33. The number of aliphatic hydroxyl groups is 11. The number of allylic oxidation sites excluding steroid dienone is 5. The molecular formula is C51H91NO18. The Morgan fingerprint density at radius 2 is 0.914 bits per heavy atom. The molecule has 3 saturated heterocycles. The van der Waals surface area contributed by atoms with Gasteiger partial charge in [-0.2, -0.15) is 0 Å². The molecule has 17 atom stereocenters. The number of unbranched alkanes of at least 4 members (excludes halogenated alkanes) is 16. The molecule has 0 aromatic rings. The molecule has 0 bridgehead atoms. The van der Waals surface area contributed by atoms with E-state index in [1.54, 1.807) is 6.08 Å². The number of hydrogen-bond donors (Lipinski definition) is 12. The highest BCUT2D eigenvalue weighted by molar-refractivity contribution is 5.76. The Labute approximate surface area is 415 Å². The van der Waals surface area contributed by atoms with Crippen LogP contribution in [0.3, 0.4) is 0 Å². The lowest BCUT2D eigenvalue weighted by Crippen LogP contribution is -2.66. The largest absolute Gasteiger partial charge is 0.394 e. The molecule has 3 rings (SSSR count). The third-order valence-corrected chi connectivity index (χ3v) is 13.2. The van der Waals surface area contributed by atoms with Crippen molar-refractivity contribution in [2.75, 3.05) is 26.4 Å². The van der Waals surface area contributed by atoms with Gasteiger partial charge in [0.05, 0.1) is 38.6 Å². The van der Waals surface area contributed by atoms with Crippen LogP contribution >= 0.6 is 0 Å². The molecule has 0 radical (unpaired) electrons. The summed E-state index contributed by atoms with van der Waals surface area (Å²) in [5, 5.41) is 119. The van der Waals surface area contributed by atoms with Crippen LogP contribution in [0.2, 0.25) is 0 Å². The number of amides is 1. The predicted octanol–water partition coefficient (Wildman–Crippen LogP) is 2.20. The molecule has 3 fully saturated rings. The Morgan fingerprint density at radius 1 is 0.500 bits per heavy atom. The summed E-state index contributed by atoms with van der Waals surface area (Å²) in [5.74, 6) is -0.298. The van der Waals surface area contributed by atoms with Crippen molar-refractivity contribution in [3.8, 4) is 0 Å². The van der Waals surface area contributed by atoms with E-state index in [2.05, 4.69) is 43.5 Å². The molecule has 408 valence electrons. The zero-order valence-electron chi connectivity index (χ0n) is 41.7. The van der Waals surface area contributed by atoms with Gasteiger partial charge in [-0.3, -0.25) is 4.79 Å². The van der Waals surface area contributed by atoms with E-state index < -0.39 is 124 Å². The van der Waals surface area contributed by atoms with Crippen molar-refractivity contribution < 1.29 is 89.4 Å². The molecule has 19 heteroatoms. The normalized spacial score (nSPS) is 32.8. The topological polar surface area (TPSA) is 307 Å². The van der Waals surface area contributed by atoms with E-state index in [1.165, 1.54) is 64.2 Å². The second-order valence-electron chi connectivity index (χ2n) is 19.0. The smallest absolute Gasteiger partial charge is 0.220 e. The molecule has 3 heterocycles. The lowest BCUT2D eigenvalue weighted by molar-refractivity contribution is -0.379. The molecule has 0 spiro atoms. The second kappa shape index (κ2) is 36.0. The van der Waals surface area contributed by atoms with Crippen LogP contribution in [0, 0.1) is 0 Å². The van der Waals surface area contributed by atoms with Crippen molar-refractivity contribution >= 4 is 5.91 Å². The Bertz CT molecular complexity index is 1440. The Hall–Kier alpha value is -1.99. The van der Waals surface area contributed by atoms with Gasteiger partial charge in [0.1, 0.15) is 73.2 Å². The molecule has 0 aliphatic carbocycles. The first-order valence-electron chi connectivity index (χ1n) is 26.2. The molecule has 12 N–H and O–H groups in total. The first kappa shape index (κ1) is 62.3. The fourth-order valence-corrected chi connectivity index (χ4v) is 8.75. The number of hydrogen-bond acceptors (Lipinski definition) is 18. The minimum absolute atomic E-state index is 0.232. The maximum absolute atomic E-state index is 13.1. The van der Waals surface area contributed by atoms with E-state index in [9.17, 15) is 61.0 Å². The minimum atomic E-state index is -1.98. The van der Waals surface area contributed by atoms with Crippen molar-refractivity contribution in [1.29, 1.82) is 0 Å². The fraction of sp³-hybridized carbons (Fsp3) is 0.863. The number of aliphatic hydroxyl groups excluding tert-OH is 11. The lowest BCUT2D eigenvalue weighted by atomic mass is 9.96. The molecule has 70 heavy (non-hydrogen) atoms. The molecule has 19 nitrogen and oxygen atoms in total. The SMILES string of the molecule is CCCCCCCCC/C=C/CC/C=C/CC/C=C/C(O)C(COC1OC(CO)C(OC2OC(CO)C(OC3OC(CO)C(O)C(O)C3O)C(O)C2O)C(O)C1O)NC(=O)CCCCCCCCCC. The van der Waals surface area contributed by atoms with Crippen LogP contribution in [0.4, 0.5) is 0 Å². The molecule has 0 aromatic heterocycles.